The lowest BCUT2D eigenvalue weighted by Crippen LogP contribution is -2.56. The summed E-state index contributed by atoms with van der Waals surface area (Å²) in [6.45, 7) is 0.879. The van der Waals surface area contributed by atoms with E-state index in [1.807, 2.05) is 4.90 Å². The number of amides is 1. The predicted molar refractivity (Wildman–Crippen MR) is 66.9 cm³/mol. The number of aliphatic imine (C=N–C) groups is 2. The van der Waals surface area contributed by atoms with Gasteiger partial charge in [-0.05, 0) is 0 Å². The summed E-state index contributed by atoms with van der Waals surface area (Å²) >= 11 is 1.64. The number of fused-ring (bicyclic) bond motifs is 1. The molecule has 8 heteroatoms. The molecule has 17 heavy (non-hydrogen) atoms. The minimum Gasteiger partial charge on any atom is -0.396 e. The Morgan fingerprint density at radius 1 is 1.59 bits per heavy atom. The Morgan fingerprint density at radius 2 is 2.41 bits per heavy atom. The summed E-state index contributed by atoms with van der Waals surface area (Å²) < 4.78 is 0. The van der Waals surface area contributed by atoms with Crippen LogP contribution >= 0.6 is 11.8 Å². The van der Waals surface area contributed by atoms with E-state index in [4.69, 9.17) is 10.8 Å². The number of aliphatic hydroxyl groups is 1. The van der Waals surface area contributed by atoms with E-state index in [2.05, 4.69) is 15.3 Å². The van der Waals surface area contributed by atoms with Gasteiger partial charge in [0.2, 0.25) is 0 Å². The van der Waals surface area contributed by atoms with Crippen molar-refractivity contribution in [3.05, 3.63) is 0 Å². The van der Waals surface area contributed by atoms with Gasteiger partial charge in [-0.3, -0.25) is 10.1 Å². The Kier molecular flexibility index (Phi) is 3.85. The molecule has 0 radical (unpaired) electrons. The monoisotopic (exact) mass is 257 g/mol. The summed E-state index contributed by atoms with van der Waals surface area (Å²) in [6, 6.07) is -0.378. The zero-order valence-corrected chi connectivity index (χ0v) is 10.1. The topological polar surface area (TPSA) is 103 Å². The average molecular weight is 257 g/mol. The van der Waals surface area contributed by atoms with Crippen LogP contribution in [0.1, 0.15) is 0 Å². The summed E-state index contributed by atoms with van der Waals surface area (Å²) in [5.41, 5.74) is 5.46. The van der Waals surface area contributed by atoms with E-state index in [9.17, 15) is 4.79 Å². The first kappa shape index (κ1) is 12.2. The first-order chi connectivity index (χ1) is 8.22. The van der Waals surface area contributed by atoms with Gasteiger partial charge in [0, 0.05) is 18.1 Å². The maximum Gasteiger partial charge on any atom is 0.253 e. The minimum atomic E-state index is -0.411. The van der Waals surface area contributed by atoms with Gasteiger partial charge in [0.15, 0.2) is 18.2 Å². The van der Waals surface area contributed by atoms with E-state index >= 15 is 0 Å². The van der Waals surface area contributed by atoms with E-state index in [1.165, 1.54) is 0 Å². The number of nitrogens with zero attached hydrogens (tertiary/aromatic N) is 3. The highest BCUT2D eigenvalue weighted by Gasteiger charge is 2.39. The molecule has 2 rings (SSSR count). The summed E-state index contributed by atoms with van der Waals surface area (Å²) in [7, 11) is 0. The minimum absolute atomic E-state index is 0.130. The molecule has 2 aliphatic rings. The van der Waals surface area contributed by atoms with Gasteiger partial charge < -0.3 is 15.7 Å². The average Bonchev–Trinajstić information content (AvgIpc) is 2.68. The van der Waals surface area contributed by atoms with Crippen molar-refractivity contribution in [3.63, 3.8) is 0 Å². The number of guanidine groups is 1. The lowest BCUT2D eigenvalue weighted by molar-refractivity contribution is -0.124. The van der Waals surface area contributed by atoms with Gasteiger partial charge in [0.25, 0.3) is 5.91 Å². The second kappa shape index (κ2) is 5.37. The third-order valence-corrected chi connectivity index (χ3v) is 3.47. The SMILES string of the molecule is NC1=NC2N=CN(CCSCCO)C2C(=O)N1. The fraction of sp³-hybridized carbons (Fsp3) is 0.667. The van der Waals surface area contributed by atoms with Crippen molar-refractivity contribution in [2.24, 2.45) is 15.7 Å². The quantitative estimate of drug-likeness (QED) is 0.504. The molecule has 7 nitrogen and oxygen atoms in total. The number of hydrogen-bond acceptors (Lipinski definition) is 7. The van der Waals surface area contributed by atoms with E-state index in [0.29, 0.717) is 12.3 Å². The Balaban J connectivity index is 1.89. The van der Waals surface area contributed by atoms with Gasteiger partial charge in [0.05, 0.1) is 12.9 Å². The van der Waals surface area contributed by atoms with Crippen LogP contribution in [0.15, 0.2) is 9.98 Å². The molecule has 0 aromatic carbocycles. The summed E-state index contributed by atoms with van der Waals surface area (Å²) in [5, 5.41) is 11.2. The van der Waals surface area contributed by atoms with Crippen LogP contribution in [0.3, 0.4) is 0 Å². The van der Waals surface area contributed by atoms with Gasteiger partial charge in [0.1, 0.15) is 0 Å². The van der Waals surface area contributed by atoms with Crippen LogP contribution in [0.2, 0.25) is 0 Å². The third kappa shape index (κ3) is 2.70. The molecular formula is C9H15N5O2S. The van der Waals surface area contributed by atoms with E-state index in [1.54, 1.807) is 18.1 Å². The predicted octanol–water partition coefficient (Wildman–Crippen LogP) is -1.80. The Labute approximate surface area is 103 Å². The number of aliphatic hydroxyl groups excluding tert-OH is 1. The molecule has 0 saturated carbocycles. The summed E-state index contributed by atoms with van der Waals surface area (Å²) in [4.78, 5) is 21.8. The number of thioether (sulfide) groups is 1. The maximum absolute atomic E-state index is 11.7. The Bertz CT molecular complexity index is 359. The van der Waals surface area contributed by atoms with Crippen molar-refractivity contribution >= 4 is 30.0 Å². The molecule has 0 aliphatic carbocycles. The molecule has 0 saturated heterocycles. The highest BCUT2D eigenvalue weighted by Crippen LogP contribution is 2.18. The normalized spacial score (nSPS) is 26.8. The van der Waals surface area contributed by atoms with Crippen molar-refractivity contribution in [2.75, 3.05) is 24.7 Å². The van der Waals surface area contributed by atoms with Gasteiger partial charge in [-0.1, -0.05) is 0 Å². The molecule has 4 N–H and O–H groups in total. The van der Waals surface area contributed by atoms with Gasteiger partial charge in [-0.15, -0.1) is 0 Å². The highest BCUT2D eigenvalue weighted by molar-refractivity contribution is 7.99. The molecule has 0 aromatic rings. The van der Waals surface area contributed by atoms with Crippen LogP contribution in [-0.4, -0.2) is 65.1 Å². The molecule has 94 valence electrons. The molecule has 1 amide bonds. The lowest BCUT2D eigenvalue weighted by atomic mass is 10.2. The molecule has 0 bridgehead atoms. The van der Waals surface area contributed by atoms with E-state index < -0.39 is 6.17 Å². The summed E-state index contributed by atoms with van der Waals surface area (Å²) in [6.07, 6.45) is 1.24. The van der Waals surface area contributed by atoms with Crippen LogP contribution in [0.5, 0.6) is 0 Å². The fourth-order valence-electron chi connectivity index (χ4n) is 1.78. The van der Waals surface area contributed by atoms with Crippen molar-refractivity contribution < 1.29 is 9.90 Å². The number of nitrogens with two attached hydrogens (primary N) is 1. The van der Waals surface area contributed by atoms with Crippen LogP contribution in [-0.2, 0) is 4.79 Å². The molecule has 0 fully saturated rings. The number of hydrogen-bond donors (Lipinski definition) is 3. The Morgan fingerprint density at radius 3 is 3.18 bits per heavy atom. The van der Waals surface area contributed by atoms with Crippen molar-refractivity contribution in [3.8, 4) is 0 Å². The first-order valence-corrected chi connectivity index (χ1v) is 6.49. The number of nitrogens with one attached hydrogen (secondary N) is 1. The first-order valence-electron chi connectivity index (χ1n) is 5.34. The molecule has 2 unspecified atom stereocenters. The molecular weight excluding hydrogens is 242 g/mol. The molecule has 0 aromatic heterocycles. The molecule has 0 spiro atoms. The van der Waals surface area contributed by atoms with Crippen LogP contribution in [0.4, 0.5) is 0 Å². The van der Waals surface area contributed by atoms with Crippen molar-refractivity contribution in [1.82, 2.24) is 10.2 Å². The molecule has 2 aliphatic heterocycles. The highest BCUT2D eigenvalue weighted by atomic mass is 32.2. The largest absolute Gasteiger partial charge is 0.396 e. The van der Waals surface area contributed by atoms with Crippen molar-refractivity contribution in [2.45, 2.75) is 12.2 Å². The second-order valence-electron chi connectivity index (χ2n) is 3.70. The van der Waals surface area contributed by atoms with E-state index in [-0.39, 0.29) is 24.5 Å². The standard InChI is InChI=1S/C9H15N5O2S/c10-9-12-7-6(8(16)13-9)14(5-11-7)1-3-17-4-2-15/h5-7,15H,1-4H2,(H3,10,12,13,16). The number of rotatable bonds is 5. The van der Waals surface area contributed by atoms with Gasteiger partial charge in [-0.2, -0.15) is 11.8 Å². The second-order valence-corrected chi connectivity index (χ2v) is 4.93. The zero-order valence-electron chi connectivity index (χ0n) is 9.24. The van der Waals surface area contributed by atoms with Crippen LogP contribution in [0.25, 0.3) is 0 Å². The van der Waals surface area contributed by atoms with Crippen molar-refractivity contribution in [1.29, 1.82) is 0 Å². The summed E-state index contributed by atoms with van der Waals surface area (Å²) in [5.74, 6) is 1.51. The smallest absolute Gasteiger partial charge is 0.253 e. The lowest BCUT2D eigenvalue weighted by Gasteiger charge is -2.28. The Hall–Kier alpha value is -1.28. The third-order valence-electron chi connectivity index (χ3n) is 2.53. The maximum atomic E-state index is 11.7. The van der Waals surface area contributed by atoms with Crippen LogP contribution in [0, 0.1) is 0 Å². The molecule has 2 atom stereocenters. The van der Waals surface area contributed by atoms with Crippen LogP contribution < -0.4 is 11.1 Å². The fourth-order valence-corrected chi connectivity index (χ4v) is 2.45. The van der Waals surface area contributed by atoms with E-state index in [0.717, 1.165) is 5.75 Å². The molecule has 2 heterocycles. The van der Waals surface area contributed by atoms with Gasteiger partial charge in [-0.25, -0.2) is 9.98 Å². The number of carbonyl (C=O) groups is 1. The number of carbonyl (C=O) groups excluding carboxylic acids is 1. The zero-order chi connectivity index (χ0) is 12.3. The van der Waals surface area contributed by atoms with Gasteiger partial charge >= 0.3 is 0 Å².